The van der Waals surface area contributed by atoms with Gasteiger partial charge in [0.15, 0.2) is 17.6 Å². The van der Waals surface area contributed by atoms with Gasteiger partial charge in [-0.25, -0.2) is 18.2 Å². The summed E-state index contributed by atoms with van der Waals surface area (Å²) in [5.41, 5.74) is 0.878. The molecule has 1 unspecified atom stereocenters. The zero-order valence-electron chi connectivity index (χ0n) is 16.1. The lowest BCUT2D eigenvalue weighted by molar-refractivity contribution is 0.0818. The minimum Gasteiger partial charge on any atom is -0.488 e. The average Bonchev–Trinajstić information content (AvgIpc) is 3.18. The predicted molar refractivity (Wildman–Crippen MR) is 106 cm³/mol. The quantitative estimate of drug-likeness (QED) is 0.546. The van der Waals surface area contributed by atoms with Gasteiger partial charge in [-0.1, -0.05) is 12.1 Å². The van der Waals surface area contributed by atoms with Gasteiger partial charge in [0.25, 0.3) is 6.43 Å². The number of halogens is 3. The molecular formula is C20H24F3N5O. The molecule has 1 saturated heterocycles. The smallest absolute Gasteiger partial charge is 0.272 e. The van der Waals surface area contributed by atoms with Crippen LogP contribution in [0.1, 0.15) is 12.0 Å². The molecule has 1 aliphatic heterocycles. The number of pyridine rings is 1. The van der Waals surface area contributed by atoms with Gasteiger partial charge in [-0.05, 0) is 36.2 Å². The third kappa shape index (κ3) is 6.00. The van der Waals surface area contributed by atoms with Crippen LogP contribution >= 0.6 is 0 Å². The van der Waals surface area contributed by atoms with Gasteiger partial charge in [-0.3, -0.25) is 4.99 Å². The summed E-state index contributed by atoms with van der Waals surface area (Å²) in [6, 6.07) is 10.1. The van der Waals surface area contributed by atoms with Crippen LogP contribution in [0.4, 0.5) is 19.0 Å². The number of anilines is 1. The fourth-order valence-electron chi connectivity index (χ4n) is 3.16. The van der Waals surface area contributed by atoms with Gasteiger partial charge in [0.1, 0.15) is 12.4 Å². The van der Waals surface area contributed by atoms with Crippen molar-refractivity contribution in [1.82, 2.24) is 15.6 Å². The topological polar surface area (TPSA) is 61.8 Å². The molecule has 0 radical (unpaired) electrons. The van der Waals surface area contributed by atoms with Crippen LogP contribution in [-0.4, -0.2) is 50.2 Å². The highest BCUT2D eigenvalue weighted by atomic mass is 19.3. The summed E-state index contributed by atoms with van der Waals surface area (Å²) in [5, 5.41) is 6.52. The van der Waals surface area contributed by atoms with E-state index >= 15 is 0 Å². The summed E-state index contributed by atoms with van der Waals surface area (Å²) in [7, 11) is 1.67. The van der Waals surface area contributed by atoms with Crippen molar-refractivity contribution in [2.24, 2.45) is 4.99 Å². The molecule has 9 heteroatoms. The zero-order valence-corrected chi connectivity index (χ0v) is 16.1. The first-order valence-corrected chi connectivity index (χ1v) is 9.37. The minimum atomic E-state index is -2.51. The highest BCUT2D eigenvalue weighted by Gasteiger charge is 2.25. The normalized spacial score (nSPS) is 16.9. The number of aromatic nitrogens is 1. The van der Waals surface area contributed by atoms with Crippen LogP contribution in [0.25, 0.3) is 0 Å². The van der Waals surface area contributed by atoms with Crippen LogP contribution in [0, 0.1) is 5.82 Å². The Morgan fingerprint density at radius 3 is 2.97 bits per heavy atom. The largest absolute Gasteiger partial charge is 0.488 e. The molecule has 2 heterocycles. The molecule has 6 nitrogen and oxygen atoms in total. The van der Waals surface area contributed by atoms with E-state index in [2.05, 4.69) is 20.6 Å². The van der Waals surface area contributed by atoms with Crippen molar-refractivity contribution in [2.75, 3.05) is 31.6 Å². The second-order valence-electron chi connectivity index (χ2n) is 6.66. The summed E-state index contributed by atoms with van der Waals surface area (Å²) in [4.78, 5) is 10.2. The first-order valence-electron chi connectivity index (χ1n) is 9.37. The number of alkyl halides is 2. The number of hydrogen-bond acceptors (Lipinski definition) is 4. The second-order valence-corrected chi connectivity index (χ2v) is 6.66. The van der Waals surface area contributed by atoms with Crippen molar-refractivity contribution in [2.45, 2.75) is 25.4 Å². The highest BCUT2D eigenvalue weighted by molar-refractivity contribution is 5.80. The van der Waals surface area contributed by atoms with Crippen LogP contribution < -0.4 is 20.3 Å². The van der Waals surface area contributed by atoms with Crippen molar-refractivity contribution >= 4 is 11.8 Å². The molecule has 156 valence electrons. The maximum absolute atomic E-state index is 13.9. The van der Waals surface area contributed by atoms with Crippen molar-refractivity contribution in [3.8, 4) is 5.75 Å². The molecule has 0 amide bonds. The summed E-state index contributed by atoms with van der Waals surface area (Å²) in [6.45, 7) is 1.14. The maximum Gasteiger partial charge on any atom is 0.272 e. The Bertz CT molecular complexity index is 833. The maximum atomic E-state index is 13.9. The summed E-state index contributed by atoms with van der Waals surface area (Å²) >= 11 is 0. The number of nitrogens with one attached hydrogen (secondary N) is 2. The first kappa shape index (κ1) is 20.8. The fraction of sp³-hybridized carbons (Fsp3) is 0.400. The molecular weight excluding hydrogens is 383 g/mol. The number of nitrogens with zero attached hydrogens (tertiary/aromatic N) is 3. The second kappa shape index (κ2) is 9.99. The SMILES string of the molecule is CN=C(NCc1cccc(OCC(F)F)c1)NC1CCN(c2ncccc2F)C1. The van der Waals surface area contributed by atoms with Gasteiger partial charge in [0.2, 0.25) is 0 Å². The van der Waals surface area contributed by atoms with Crippen LogP contribution in [0.5, 0.6) is 5.75 Å². The Labute approximate surface area is 167 Å². The van der Waals surface area contributed by atoms with Crippen molar-refractivity contribution < 1.29 is 17.9 Å². The first-order chi connectivity index (χ1) is 14.0. The number of ether oxygens (including phenoxy) is 1. The van der Waals surface area contributed by atoms with E-state index in [0.29, 0.717) is 37.2 Å². The standard InChI is InChI=1S/C20H24F3N5O/c1-24-20(26-11-14-4-2-5-16(10-14)29-13-18(22)23)27-15-7-9-28(12-15)19-17(21)6-3-8-25-19/h2-6,8,10,15,18H,7,9,11-13H2,1H3,(H2,24,26,27). The van der Waals surface area contributed by atoms with Gasteiger partial charge >= 0.3 is 0 Å². The van der Waals surface area contributed by atoms with Crippen LogP contribution in [0.15, 0.2) is 47.6 Å². The van der Waals surface area contributed by atoms with E-state index in [-0.39, 0.29) is 11.9 Å². The van der Waals surface area contributed by atoms with E-state index in [9.17, 15) is 13.2 Å². The molecule has 2 N–H and O–H groups in total. The molecule has 3 rings (SSSR count). The molecule has 0 aliphatic carbocycles. The van der Waals surface area contributed by atoms with E-state index in [1.165, 1.54) is 6.07 Å². The van der Waals surface area contributed by atoms with E-state index in [4.69, 9.17) is 4.74 Å². The molecule has 1 fully saturated rings. The number of hydrogen-bond donors (Lipinski definition) is 2. The lowest BCUT2D eigenvalue weighted by Gasteiger charge is -2.20. The van der Waals surface area contributed by atoms with Crippen molar-refractivity contribution in [1.29, 1.82) is 0 Å². The molecule has 0 spiro atoms. The molecule has 1 aromatic carbocycles. The molecule has 29 heavy (non-hydrogen) atoms. The monoisotopic (exact) mass is 407 g/mol. The molecule has 0 bridgehead atoms. The molecule has 0 saturated carbocycles. The lowest BCUT2D eigenvalue weighted by Crippen LogP contribution is -2.44. The molecule has 1 aromatic heterocycles. The third-order valence-corrected chi connectivity index (χ3v) is 4.53. The van der Waals surface area contributed by atoms with E-state index in [0.717, 1.165) is 12.0 Å². The van der Waals surface area contributed by atoms with Crippen LogP contribution in [0.3, 0.4) is 0 Å². The molecule has 1 atom stereocenters. The number of rotatable bonds is 7. The highest BCUT2D eigenvalue weighted by Crippen LogP contribution is 2.20. The van der Waals surface area contributed by atoms with Gasteiger partial charge in [0.05, 0.1) is 0 Å². The van der Waals surface area contributed by atoms with Crippen molar-refractivity contribution in [3.63, 3.8) is 0 Å². The van der Waals surface area contributed by atoms with Crippen LogP contribution in [0.2, 0.25) is 0 Å². The Morgan fingerprint density at radius 1 is 1.34 bits per heavy atom. The van der Waals surface area contributed by atoms with Crippen LogP contribution in [-0.2, 0) is 6.54 Å². The number of guanidine groups is 1. The summed E-state index contributed by atoms with van der Waals surface area (Å²) < 4.78 is 43.5. The minimum absolute atomic E-state index is 0.100. The average molecular weight is 407 g/mol. The lowest BCUT2D eigenvalue weighted by atomic mass is 10.2. The Hall–Kier alpha value is -2.97. The van der Waals surface area contributed by atoms with E-state index in [1.807, 2.05) is 11.0 Å². The van der Waals surface area contributed by atoms with Gasteiger partial charge in [-0.2, -0.15) is 0 Å². The van der Waals surface area contributed by atoms with Gasteiger partial charge in [-0.15, -0.1) is 0 Å². The molecule has 1 aliphatic rings. The summed E-state index contributed by atoms with van der Waals surface area (Å²) in [5.74, 6) is 1.04. The number of aliphatic imine (C=N–C) groups is 1. The summed E-state index contributed by atoms with van der Waals surface area (Å²) in [6.07, 6.45) is -0.0997. The third-order valence-electron chi connectivity index (χ3n) is 4.53. The van der Waals surface area contributed by atoms with Gasteiger partial charge in [0, 0.05) is 38.9 Å². The van der Waals surface area contributed by atoms with Gasteiger partial charge < -0.3 is 20.3 Å². The Balaban J connectivity index is 1.50. The Kier molecular flexibility index (Phi) is 7.15. The number of benzene rings is 1. The van der Waals surface area contributed by atoms with E-state index < -0.39 is 13.0 Å². The predicted octanol–water partition coefficient (Wildman–Crippen LogP) is 2.81. The zero-order chi connectivity index (χ0) is 20.6. The van der Waals surface area contributed by atoms with Crippen molar-refractivity contribution in [3.05, 3.63) is 54.0 Å². The fourth-order valence-corrected chi connectivity index (χ4v) is 3.16. The molecule has 2 aromatic rings. The van der Waals surface area contributed by atoms with E-state index in [1.54, 1.807) is 37.5 Å². The Morgan fingerprint density at radius 2 is 2.21 bits per heavy atom.